The average Bonchev–Trinajstić information content (AvgIpc) is 1.59. The fraction of sp³-hybridized carbons (Fsp3) is 0.400. The fourth-order valence-corrected chi connectivity index (χ4v) is 0. The maximum atomic E-state index is 10.6. The van der Waals surface area contributed by atoms with E-state index in [4.69, 9.17) is 9.90 Å². The summed E-state index contributed by atoms with van der Waals surface area (Å²) in [5.41, 5.74) is 0. The van der Waals surface area contributed by atoms with Gasteiger partial charge in [-0.1, -0.05) is 6.92 Å². The number of aliphatic carboxylic acids is 1. The van der Waals surface area contributed by atoms with E-state index < -0.39 is 12.1 Å². The zero-order chi connectivity index (χ0) is 9.65. The van der Waals surface area contributed by atoms with Crippen molar-refractivity contribution in [1.82, 2.24) is 0 Å². The Labute approximate surface area is 60.8 Å². The topological polar surface area (TPSA) is 60.4 Å². The van der Waals surface area contributed by atoms with Crippen LogP contribution >= 0.6 is 0 Å². The van der Waals surface area contributed by atoms with Gasteiger partial charge in [-0.15, -0.1) is 12.3 Å². The van der Waals surface area contributed by atoms with Gasteiger partial charge in [-0.3, -0.25) is 0 Å². The SMILES string of the molecule is C=C(C)[O-].O=C(O)C(F)(F)F. The van der Waals surface area contributed by atoms with Gasteiger partial charge in [-0.25, -0.2) is 4.79 Å². The lowest BCUT2D eigenvalue weighted by atomic mass is 10.7. The van der Waals surface area contributed by atoms with Crippen molar-refractivity contribution in [3.8, 4) is 0 Å². The highest BCUT2D eigenvalue weighted by atomic mass is 19.4. The highest BCUT2D eigenvalue weighted by molar-refractivity contribution is 5.73. The van der Waals surface area contributed by atoms with Crippen molar-refractivity contribution in [2.24, 2.45) is 0 Å². The van der Waals surface area contributed by atoms with Crippen molar-refractivity contribution in [1.29, 1.82) is 0 Å². The van der Waals surface area contributed by atoms with E-state index in [1.807, 2.05) is 0 Å². The Morgan fingerprint density at radius 1 is 1.55 bits per heavy atom. The third-order valence-electron chi connectivity index (χ3n) is 0.243. The number of carboxylic acids is 1. The molecule has 0 aliphatic rings. The summed E-state index contributed by atoms with van der Waals surface area (Å²) < 4.78 is 31.7. The second kappa shape index (κ2) is 4.59. The van der Waals surface area contributed by atoms with E-state index in [0.717, 1.165) is 0 Å². The number of rotatable bonds is 0. The van der Waals surface area contributed by atoms with Crippen LogP contribution in [0.1, 0.15) is 6.92 Å². The van der Waals surface area contributed by atoms with E-state index >= 15 is 0 Å². The molecule has 0 fully saturated rings. The summed E-state index contributed by atoms with van der Waals surface area (Å²) >= 11 is 0. The van der Waals surface area contributed by atoms with Crippen molar-refractivity contribution in [2.45, 2.75) is 13.1 Å². The van der Waals surface area contributed by atoms with E-state index in [0.29, 0.717) is 0 Å². The van der Waals surface area contributed by atoms with Crippen LogP contribution in [0.5, 0.6) is 0 Å². The van der Waals surface area contributed by atoms with Crippen LogP contribution in [-0.2, 0) is 4.79 Å². The second-order valence-corrected chi connectivity index (χ2v) is 1.50. The summed E-state index contributed by atoms with van der Waals surface area (Å²) in [5.74, 6) is -2.84. The van der Waals surface area contributed by atoms with Gasteiger partial charge in [-0.2, -0.15) is 13.2 Å². The minimum atomic E-state index is -5.08. The quantitative estimate of drug-likeness (QED) is 0.540. The average molecular weight is 171 g/mol. The predicted molar refractivity (Wildman–Crippen MR) is 28.5 cm³/mol. The molecule has 11 heavy (non-hydrogen) atoms. The first-order valence-electron chi connectivity index (χ1n) is 2.30. The van der Waals surface area contributed by atoms with Crippen LogP contribution in [0.2, 0.25) is 0 Å². The number of carbonyl (C=O) groups is 1. The molecule has 0 heterocycles. The van der Waals surface area contributed by atoms with Crippen LogP contribution < -0.4 is 5.11 Å². The molecule has 0 aromatic heterocycles. The molecule has 0 radical (unpaired) electrons. The van der Waals surface area contributed by atoms with Crippen LogP contribution in [0, 0.1) is 0 Å². The Balaban J connectivity index is 0. The Bertz CT molecular complexity index is 146. The summed E-state index contributed by atoms with van der Waals surface area (Å²) in [7, 11) is 0. The first kappa shape index (κ1) is 12.5. The molecule has 0 saturated heterocycles. The van der Waals surface area contributed by atoms with Crippen LogP contribution in [-0.4, -0.2) is 17.3 Å². The van der Waals surface area contributed by atoms with Crippen LogP contribution in [0.25, 0.3) is 0 Å². The molecule has 66 valence electrons. The highest BCUT2D eigenvalue weighted by Gasteiger charge is 2.38. The first-order chi connectivity index (χ1) is 4.68. The zero-order valence-electron chi connectivity index (χ0n) is 5.60. The van der Waals surface area contributed by atoms with E-state index in [-0.39, 0.29) is 5.76 Å². The summed E-state index contributed by atoms with van der Waals surface area (Å²) in [6, 6.07) is 0. The molecule has 1 N–H and O–H groups in total. The van der Waals surface area contributed by atoms with E-state index in [9.17, 15) is 18.3 Å². The van der Waals surface area contributed by atoms with E-state index in [1.54, 1.807) is 0 Å². The molecule has 0 aromatic rings. The van der Waals surface area contributed by atoms with Crippen LogP contribution in [0.3, 0.4) is 0 Å². The molecule has 0 saturated carbocycles. The van der Waals surface area contributed by atoms with Gasteiger partial charge in [0.15, 0.2) is 0 Å². The summed E-state index contributed by atoms with van der Waals surface area (Å²) in [4.78, 5) is 8.90. The van der Waals surface area contributed by atoms with Crippen molar-refractivity contribution in [2.75, 3.05) is 0 Å². The van der Waals surface area contributed by atoms with Gasteiger partial charge in [0.05, 0.1) is 0 Å². The number of hydrogen-bond acceptors (Lipinski definition) is 2. The van der Waals surface area contributed by atoms with Crippen LogP contribution in [0.15, 0.2) is 12.3 Å². The molecule has 3 nitrogen and oxygen atoms in total. The van der Waals surface area contributed by atoms with Crippen molar-refractivity contribution in [3.05, 3.63) is 12.3 Å². The first-order valence-corrected chi connectivity index (χ1v) is 2.30. The Kier molecular flexibility index (Phi) is 5.21. The monoisotopic (exact) mass is 171 g/mol. The van der Waals surface area contributed by atoms with Crippen molar-refractivity contribution in [3.63, 3.8) is 0 Å². The lowest BCUT2D eigenvalue weighted by molar-refractivity contribution is -0.300. The number of halogens is 3. The number of allylic oxidation sites excluding steroid dienone is 1. The van der Waals surface area contributed by atoms with Crippen LogP contribution in [0.4, 0.5) is 13.2 Å². The largest absolute Gasteiger partial charge is 0.876 e. The van der Waals surface area contributed by atoms with Gasteiger partial charge in [0.2, 0.25) is 0 Å². The fourth-order valence-electron chi connectivity index (χ4n) is 0. The second-order valence-electron chi connectivity index (χ2n) is 1.50. The van der Waals surface area contributed by atoms with Gasteiger partial charge < -0.3 is 10.2 Å². The highest BCUT2D eigenvalue weighted by Crippen LogP contribution is 2.13. The molecule has 0 atom stereocenters. The van der Waals surface area contributed by atoms with Crippen molar-refractivity contribution < 1.29 is 28.2 Å². The van der Waals surface area contributed by atoms with Gasteiger partial charge >= 0.3 is 12.1 Å². The van der Waals surface area contributed by atoms with E-state index in [1.165, 1.54) is 6.92 Å². The molecule has 0 rings (SSSR count). The van der Waals surface area contributed by atoms with Gasteiger partial charge in [0.1, 0.15) is 0 Å². The minimum absolute atomic E-state index is 0.0833. The number of alkyl halides is 3. The Morgan fingerprint density at radius 2 is 1.64 bits per heavy atom. The lowest BCUT2D eigenvalue weighted by Gasteiger charge is -1.93. The molecule has 0 aliphatic heterocycles. The molecule has 0 unspecified atom stereocenters. The molecule has 0 amide bonds. The maximum absolute atomic E-state index is 10.6. The smallest absolute Gasteiger partial charge is 0.490 e. The third-order valence-corrected chi connectivity index (χ3v) is 0.243. The molecular weight excluding hydrogens is 165 g/mol. The summed E-state index contributed by atoms with van der Waals surface area (Å²) in [6.45, 7) is 4.42. The lowest BCUT2D eigenvalue weighted by Crippen LogP contribution is -2.21. The molecule has 0 aliphatic carbocycles. The maximum Gasteiger partial charge on any atom is 0.490 e. The summed E-state index contributed by atoms with van der Waals surface area (Å²) in [5, 5.41) is 16.5. The van der Waals surface area contributed by atoms with Gasteiger partial charge in [0.25, 0.3) is 0 Å². The van der Waals surface area contributed by atoms with Crippen molar-refractivity contribution >= 4 is 5.97 Å². The third kappa shape index (κ3) is 17.7. The molecule has 0 bridgehead atoms. The molecule has 0 aromatic carbocycles. The molecule has 0 spiro atoms. The van der Waals surface area contributed by atoms with Gasteiger partial charge in [0, 0.05) is 0 Å². The molecular formula is C5H6F3O3-. The predicted octanol–water partition coefficient (Wildman–Crippen LogP) is 0.514. The standard InChI is InChI=1S/C3H6O.C2HF3O2/c1-3(2)4;3-2(4,5)1(6)7/h4H,1H2,2H3;(H,6,7)/p-1. The zero-order valence-corrected chi connectivity index (χ0v) is 5.60. The minimum Gasteiger partial charge on any atom is -0.876 e. The van der Waals surface area contributed by atoms with E-state index in [2.05, 4.69) is 6.58 Å². The normalized spacial score (nSPS) is 9.45. The van der Waals surface area contributed by atoms with Gasteiger partial charge in [-0.05, 0) is 0 Å². The number of carboxylic acid groups (broad SMARTS) is 1. The number of hydrogen-bond donors (Lipinski definition) is 1. The summed E-state index contributed by atoms with van der Waals surface area (Å²) in [6.07, 6.45) is -5.08. The Hall–Kier alpha value is -1.20. The Morgan fingerprint density at radius 3 is 1.64 bits per heavy atom. The molecule has 6 heteroatoms.